The molecule has 2 fully saturated rings. The van der Waals surface area contributed by atoms with E-state index in [9.17, 15) is 28.8 Å². The van der Waals surface area contributed by atoms with E-state index in [2.05, 4.69) is 15.2 Å². The SMILES string of the molecule is CC(=O)NC(Cc1ccc(OP(=O)(O)O)cc1)C(=O)NC(CCC(=O)O)C(=O)N1CCCC1CCC1CCCCC1. The van der Waals surface area contributed by atoms with Crippen molar-refractivity contribution in [3.8, 4) is 5.75 Å². The lowest BCUT2D eigenvalue weighted by Crippen LogP contribution is -2.55. The number of carboxylic acids is 1. The summed E-state index contributed by atoms with van der Waals surface area (Å²) in [6.07, 6.45) is 9.57. The van der Waals surface area contributed by atoms with Crippen molar-refractivity contribution in [3.63, 3.8) is 0 Å². The van der Waals surface area contributed by atoms with Crippen molar-refractivity contribution in [2.24, 2.45) is 5.92 Å². The number of likely N-dealkylation sites (tertiary alicyclic amines) is 1. The fourth-order valence-electron chi connectivity index (χ4n) is 5.84. The van der Waals surface area contributed by atoms with Crippen molar-refractivity contribution in [1.82, 2.24) is 15.5 Å². The third-order valence-corrected chi connectivity index (χ3v) is 8.28. The van der Waals surface area contributed by atoms with Crippen LogP contribution in [0.1, 0.15) is 83.1 Å². The van der Waals surface area contributed by atoms with Crippen molar-refractivity contribution < 1.29 is 43.2 Å². The van der Waals surface area contributed by atoms with E-state index in [-0.39, 0.29) is 37.0 Å². The number of benzene rings is 1. The molecule has 1 aliphatic heterocycles. The molecule has 13 heteroatoms. The maximum atomic E-state index is 13.7. The molecule has 0 spiro atoms. The predicted octanol–water partition coefficient (Wildman–Crippen LogP) is 2.91. The van der Waals surface area contributed by atoms with Gasteiger partial charge in [0.05, 0.1) is 0 Å². The first-order valence-electron chi connectivity index (χ1n) is 14.3. The third-order valence-electron chi connectivity index (χ3n) is 7.84. The Balaban J connectivity index is 1.69. The van der Waals surface area contributed by atoms with Crippen LogP contribution in [0.25, 0.3) is 0 Å². The van der Waals surface area contributed by atoms with E-state index in [4.69, 9.17) is 9.79 Å². The Kier molecular flexibility index (Phi) is 12.2. The van der Waals surface area contributed by atoms with Crippen LogP contribution in [-0.4, -0.2) is 68.2 Å². The second-order valence-electron chi connectivity index (χ2n) is 11.1. The Labute approximate surface area is 240 Å². The van der Waals surface area contributed by atoms with E-state index >= 15 is 0 Å². The van der Waals surface area contributed by atoms with Crippen LogP contribution < -0.4 is 15.2 Å². The Morgan fingerprint density at radius 2 is 1.66 bits per heavy atom. The molecule has 1 aromatic carbocycles. The smallest absolute Gasteiger partial charge is 0.481 e. The minimum atomic E-state index is -4.73. The second kappa shape index (κ2) is 15.3. The highest BCUT2D eigenvalue weighted by Gasteiger charge is 2.35. The van der Waals surface area contributed by atoms with Gasteiger partial charge in [-0.3, -0.25) is 29.0 Å². The lowest BCUT2D eigenvalue weighted by molar-refractivity contribution is -0.140. The Hall–Kier alpha value is -2.95. The minimum absolute atomic E-state index is 0.0230. The van der Waals surface area contributed by atoms with Gasteiger partial charge in [0.15, 0.2) is 0 Å². The monoisotopic (exact) mass is 595 g/mol. The van der Waals surface area contributed by atoms with Gasteiger partial charge in [-0.1, -0.05) is 44.2 Å². The Morgan fingerprint density at radius 3 is 2.27 bits per heavy atom. The van der Waals surface area contributed by atoms with E-state index in [0.717, 1.165) is 25.7 Å². The molecule has 2 aliphatic rings. The molecule has 3 unspecified atom stereocenters. The molecule has 12 nitrogen and oxygen atoms in total. The standard InChI is InChI=1S/C28H42N3O9P/c1-19(32)29-25(18-21-10-13-23(14-11-21)40-41(37,38)39)27(35)30-24(15-16-26(33)34)28(36)31-17-5-8-22(31)12-9-20-6-3-2-4-7-20/h10-11,13-14,20,22,24-25H,2-9,12,15-18H2,1H3,(H,29,32)(H,30,35)(H,33,34)(H2,37,38,39). The van der Waals surface area contributed by atoms with Crippen molar-refractivity contribution >= 4 is 31.5 Å². The molecule has 1 heterocycles. The largest absolute Gasteiger partial charge is 0.524 e. The molecule has 1 aliphatic carbocycles. The molecule has 3 amide bonds. The first kappa shape index (κ1) is 32.6. The van der Waals surface area contributed by atoms with Crippen LogP contribution in [-0.2, 0) is 30.2 Å². The summed E-state index contributed by atoms with van der Waals surface area (Å²) in [6.45, 7) is 1.82. The first-order chi connectivity index (χ1) is 19.4. The number of phosphoric ester groups is 1. The van der Waals surface area contributed by atoms with Gasteiger partial charge in [-0.2, -0.15) is 0 Å². The molecule has 1 saturated carbocycles. The normalized spacial score (nSPS) is 19.3. The van der Waals surface area contributed by atoms with E-state index in [1.807, 2.05) is 0 Å². The van der Waals surface area contributed by atoms with Gasteiger partial charge in [-0.25, -0.2) is 4.57 Å². The van der Waals surface area contributed by atoms with E-state index < -0.39 is 37.7 Å². The van der Waals surface area contributed by atoms with Crippen LogP contribution in [0.5, 0.6) is 5.75 Å². The zero-order valence-corrected chi connectivity index (χ0v) is 24.4. The van der Waals surface area contributed by atoms with Crippen LogP contribution in [0.15, 0.2) is 24.3 Å². The molecule has 41 heavy (non-hydrogen) atoms. The highest BCUT2D eigenvalue weighted by atomic mass is 31.2. The fourth-order valence-corrected chi connectivity index (χ4v) is 6.24. The summed E-state index contributed by atoms with van der Waals surface area (Å²) < 4.78 is 15.6. The summed E-state index contributed by atoms with van der Waals surface area (Å²) in [7, 11) is -4.73. The zero-order chi connectivity index (χ0) is 30.0. The van der Waals surface area contributed by atoms with Crippen LogP contribution in [0.2, 0.25) is 0 Å². The second-order valence-corrected chi connectivity index (χ2v) is 12.2. The summed E-state index contributed by atoms with van der Waals surface area (Å²) in [5.74, 6) is -1.86. The molecule has 0 radical (unpaired) electrons. The van der Waals surface area contributed by atoms with Gasteiger partial charge in [0, 0.05) is 32.4 Å². The maximum absolute atomic E-state index is 13.7. The number of hydrogen-bond acceptors (Lipinski definition) is 6. The number of carboxylic acid groups (broad SMARTS) is 1. The quantitative estimate of drug-likeness (QED) is 0.202. The number of amides is 3. The molecule has 5 N–H and O–H groups in total. The van der Waals surface area contributed by atoms with Gasteiger partial charge in [0.25, 0.3) is 0 Å². The summed E-state index contributed by atoms with van der Waals surface area (Å²) in [5.41, 5.74) is 0.563. The van der Waals surface area contributed by atoms with E-state index in [1.165, 1.54) is 63.3 Å². The minimum Gasteiger partial charge on any atom is -0.481 e. The number of hydrogen-bond donors (Lipinski definition) is 5. The molecule has 3 atom stereocenters. The number of aliphatic carboxylic acids is 1. The lowest BCUT2D eigenvalue weighted by Gasteiger charge is -2.31. The third kappa shape index (κ3) is 11.1. The summed E-state index contributed by atoms with van der Waals surface area (Å²) in [5, 5.41) is 14.6. The summed E-state index contributed by atoms with van der Waals surface area (Å²) >= 11 is 0. The predicted molar refractivity (Wildman–Crippen MR) is 150 cm³/mol. The molecule has 1 aromatic rings. The van der Waals surface area contributed by atoms with Crippen molar-refractivity contribution in [3.05, 3.63) is 29.8 Å². The lowest BCUT2D eigenvalue weighted by atomic mass is 9.85. The molecule has 0 bridgehead atoms. The molecule has 1 saturated heterocycles. The highest BCUT2D eigenvalue weighted by Crippen LogP contribution is 2.37. The number of nitrogens with one attached hydrogen (secondary N) is 2. The van der Waals surface area contributed by atoms with Gasteiger partial charge >= 0.3 is 13.8 Å². The van der Waals surface area contributed by atoms with Gasteiger partial charge in [0.2, 0.25) is 17.7 Å². The van der Waals surface area contributed by atoms with Gasteiger partial charge in [-0.15, -0.1) is 0 Å². The van der Waals surface area contributed by atoms with Crippen LogP contribution in [0.4, 0.5) is 0 Å². The van der Waals surface area contributed by atoms with Crippen LogP contribution in [0, 0.1) is 5.92 Å². The molecular formula is C28H42N3O9P. The van der Waals surface area contributed by atoms with E-state index in [1.54, 1.807) is 4.90 Å². The number of carbonyl (C=O) groups is 4. The number of nitrogens with zero attached hydrogens (tertiary/aromatic N) is 1. The Bertz CT molecular complexity index is 1100. The van der Waals surface area contributed by atoms with Crippen LogP contribution in [0.3, 0.4) is 0 Å². The number of carbonyl (C=O) groups excluding carboxylic acids is 3. The summed E-state index contributed by atoms with van der Waals surface area (Å²) in [6, 6.07) is 3.61. The molecule has 228 valence electrons. The average Bonchev–Trinajstić information content (AvgIpc) is 3.38. The number of phosphoric acid groups is 1. The number of rotatable bonds is 14. The molecule has 0 aromatic heterocycles. The summed E-state index contributed by atoms with van der Waals surface area (Å²) in [4.78, 5) is 70.0. The van der Waals surface area contributed by atoms with Crippen LogP contribution >= 0.6 is 7.82 Å². The van der Waals surface area contributed by atoms with Gasteiger partial charge in [0.1, 0.15) is 17.8 Å². The fraction of sp³-hybridized carbons (Fsp3) is 0.643. The molecular weight excluding hydrogens is 553 g/mol. The van der Waals surface area contributed by atoms with Crippen molar-refractivity contribution in [2.45, 2.75) is 102 Å². The van der Waals surface area contributed by atoms with Crippen molar-refractivity contribution in [2.75, 3.05) is 6.54 Å². The Morgan fingerprint density at radius 1 is 0.976 bits per heavy atom. The van der Waals surface area contributed by atoms with Crippen molar-refractivity contribution in [1.29, 1.82) is 0 Å². The topological polar surface area (TPSA) is 183 Å². The van der Waals surface area contributed by atoms with Gasteiger partial charge < -0.3 is 25.2 Å². The van der Waals surface area contributed by atoms with Gasteiger partial charge in [-0.05, 0) is 55.7 Å². The zero-order valence-electron chi connectivity index (χ0n) is 23.5. The highest BCUT2D eigenvalue weighted by molar-refractivity contribution is 7.46. The first-order valence-corrected chi connectivity index (χ1v) is 15.9. The van der Waals surface area contributed by atoms with E-state index in [0.29, 0.717) is 18.0 Å². The molecule has 3 rings (SSSR count). The average molecular weight is 596 g/mol. The maximum Gasteiger partial charge on any atom is 0.524 e.